The molecule has 1 aromatic heterocycles. The van der Waals surface area contributed by atoms with E-state index in [1.807, 2.05) is 24.3 Å². The van der Waals surface area contributed by atoms with Gasteiger partial charge in [0.05, 0.1) is 24.0 Å². The van der Waals surface area contributed by atoms with E-state index in [1.54, 1.807) is 7.11 Å². The number of benzene rings is 1. The number of rotatable bonds is 8. The lowest BCUT2D eigenvalue weighted by Crippen LogP contribution is -2.44. The molecule has 1 aliphatic heterocycles. The fourth-order valence-electron chi connectivity index (χ4n) is 2.83. The summed E-state index contributed by atoms with van der Waals surface area (Å²) in [5, 5.41) is 10.4. The van der Waals surface area contributed by atoms with Gasteiger partial charge in [-0.3, -0.25) is 9.69 Å². The van der Waals surface area contributed by atoms with Crippen LogP contribution in [0.2, 0.25) is 0 Å². The van der Waals surface area contributed by atoms with Crippen LogP contribution in [0.15, 0.2) is 33.7 Å². The molecule has 2 N–H and O–H groups in total. The lowest BCUT2D eigenvalue weighted by atomic mass is 10.2. The second-order valence-corrected chi connectivity index (χ2v) is 7.30. The zero-order valence-corrected chi connectivity index (χ0v) is 16.4. The van der Waals surface area contributed by atoms with Crippen molar-refractivity contribution < 1.29 is 14.1 Å². The minimum Gasteiger partial charge on any atom is -0.383 e. The van der Waals surface area contributed by atoms with E-state index in [4.69, 9.17) is 9.26 Å². The summed E-state index contributed by atoms with van der Waals surface area (Å²) in [4.78, 5) is 19.7. The van der Waals surface area contributed by atoms with E-state index in [2.05, 4.69) is 32.7 Å². The highest BCUT2D eigenvalue weighted by Gasteiger charge is 2.26. The van der Waals surface area contributed by atoms with Crippen molar-refractivity contribution in [3.8, 4) is 11.5 Å². The maximum absolute atomic E-state index is 11.9. The molecule has 27 heavy (non-hydrogen) atoms. The maximum Gasteiger partial charge on any atom is 0.259 e. The predicted molar refractivity (Wildman–Crippen MR) is 104 cm³/mol. The van der Waals surface area contributed by atoms with E-state index in [-0.39, 0.29) is 11.9 Å². The molecule has 2 heterocycles. The summed E-state index contributed by atoms with van der Waals surface area (Å²) in [7, 11) is 3.67. The predicted octanol–water partition coefficient (Wildman–Crippen LogP) is 1.17. The third kappa shape index (κ3) is 5.29. The Morgan fingerprint density at radius 2 is 2.33 bits per heavy atom. The lowest BCUT2D eigenvalue weighted by molar-refractivity contribution is -0.118. The Balaban J connectivity index is 1.68. The molecule has 1 aromatic carbocycles. The maximum atomic E-state index is 11.9. The van der Waals surface area contributed by atoms with Gasteiger partial charge in [-0.15, -0.1) is 11.8 Å². The Hall–Kier alpha value is -1.94. The van der Waals surface area contributed by atoms with Crippen molar-refractivity contribution in [2.45, 2.75) is 10.9 Å². The number of thioether (sulfide) groups is 1. The molecule has 146 valence electrons. The summed E-state index contributed by atoms with van der Waals surface area (Å²) in [6, 6.07) is 7.86. The summed E-state index contributed by atoms with van der Waals surface area (Å²) < 4.78 is 10.5. The summed E-state index contributed by atoms with van der Waals surface area (Å²) in [6.45, 7) is 3.71. The summed E-state index contributed by atoms with van der Waals surface area (Å²) in [5.41, 5.74) is 0.845. The van der Waals surface area contributed by atoms with Gasteiger partial charge in [-0.25, -0.2) is 0 Å². The van der Waals surface area contributed by atoms with Crippen LogP contribution < -0.4 is 10.6 Å². The first kappa shape index (κ1) is 19.8. The number of hydrogen-bond donors (Lipinski definition) is 2. The van der Waals surface area contributed by atoms with Crippen LogP contribution in [0.3, 0.4) is 0 Å². The molecule has 1 atom stereocenters. The zero-order chi connectivity index (χ0) is 19.1. The molecule has 0 saturated carbocycles. The number of likely N-dealkylation sites (N-methyl/N-ethyl adjacent to an activating group) is 1. The van der Waals surface area contributed by atoms with Gasteiger partial charge in [0.1, 0.15) is 0 Å². The Morgan fingerprint density at radius 3 is 3.15 bits per heavy atom. The molecule has 0 aliphatic carbocycles. The quantitative estimate of drug-likeness (QED) is 0.512. The highest BCUT2D eigenvalue weighted by Crippen LogP contribution is 2.31. The van der Waals surface area contributed by atoms with Crippen LogP contribution in [0.1, 0.15) is 11.9 Å². The van der Waals surface area contributed by atoms with E-state index in [0.717, 1.165) is 30.1 Å². The van der Waals surface area contributed by atoms with Gasteiger partial charge in [0.15, 0.2) is 5.82 Å². The van der Waals surface area contributed by atoms with Crippen LogP contribution in [-0.4, -0.2) is 73.6 Å². The Kier molecular flexibility index (Phi) is 7.22. The number of amides is 1. The van der Waals surface area contributed by atoms with Crippen molar-refractivity contribution in [1.29, 1.82) is 0 Å². The third-order valence-corrected chi connectivity index (χ3v) is 5.43. The molecule has 2 aromatic rings. The molecule has 0 radical (unpaired) electrons. The third-order valence-electron chi connectivity index (χ3n) is 4.36. The average Bonchev–Trinajstić information content (AvgIpc) is 3.17. The molecule has 3 rings (SSSR count). The van der Waals surface area contributed by atoms with Gasteiger partial charge in [0.25, 0.3) is 5.89 Å². The molecular formula is C18H25N5O3S. The second kappa shape index (κ2) is 9.84. The Morgan fingerprint density at radius 1 is 1.48 bits per heavy atom. The highest BCUT2D eigenvalue weighted by molar-refractivity contribution is 8.00. The normalized spacial score (nSPS) is 17.8. The van der Waals surface area contributed by atoms with Crippen LogP contribution >= 0.6 is 11.8 Å². The second-order valence-electron chi connectivity index (χ2n) is 6.29. The fraction of sp³-hybridized carbons (Fsp3) is 0.500. The number of carbonyl (C=O) groups excluding carboxylic acids is 1. The zero-order valence-electron chi connectivity index (χ0n) is 15.6. The van der Waals surface area contributed by atoms with Crippen LogP contribution in [-0.2, 0) is 9.53 Å². The number of ether oxygens (including phenoxy) is 1. The molecule has 9 heteroatoms. The monoisotopic (exact) mass is 391 g/mol. The van der Waals surface area contributed by atoms with Crippen molar-refractivity contribution >= 4 is 17.7 Å². The van der Waals surface area contributed by atoms with E-state index in [9.17, 15) is 4.79 Å². The van der Waals surface area contributed by atoms with Gasteiger partial charge in [0.2, 0.25) is 5.91 Å². The van der Waals surface area contributed by atoms with Crippen LogP contribution in [0, 0.1) is 0 Å². The first-order chi connectivity index (χ1) is 13.2. The van der Waals surface area contributed by atoms with Crippen LogP contribution in [0.4, 0.5) is 0 Å². The van der Waals surface area contributed by atoms with Crippen LogP contribution in [0.5, 0.6) is 0 Å². The van der Waals surface area contributed by atoms with E-state index in [1.165, 1.54) is 11.8 Å². The molecule has 1 unspecified atom stereocenters. The Bertz CT molecular complexity index is 754. The van der Waals surface area contributed by atoms with Crippen molar-refractivity contribution in [2.24, 2.45) is 0 Å². The first-order valence-electron chi connectivity index (χ1n) is 8.91. The van der Waals surface area contributed by atoms with Crippen molar-refractivity contribution in [3.63, 3.8) is 0 Å². The van der Waals surface area contributed by atoms with Gasteiger partial charge in [-0.1, -0.05) is 17.3 Å². The topological polar surface area (TPSA) is 92.5 Å². The first-order valence-corrected chi connectivity index (χ1v) is 9.90. The molecule has 1 saturated heterocycles. The summed E-state index contributed by atoms with van der Waals surface area (Å²) in [5.74, 6) is 1.44. The number of nitrogens with zero attached hydrogens (tertiary/aromatic N) is 3. The van der Waals surface area contributed by atoms with Crippen LogP contribution in [0.25, 0.3) is 11.5 Å². The number of piperazine rings is 1. The van der Waals surface area contributed by atoms with Gasteiger partial charge in [-0.2, -0.15) is 4.98 Å². The molecule has 0 bridgehead atoms. The standard InChI is InChI=1S/C18H25N5O3S/c1-23-9-7-19-11-14(23)17-21-18(26-22-17)13-5-3-4-6-15(13)27-12-16(24)20-8-10-25-2/h3-6,14,19H,7-12H2,1-2H3,(H,20,24). The summed E-state index contributed by atoms with van der Waals surface area (Å²) in [6.07, 6.45) is 0. The van der Waals surface area contributed by atoms with E-state index < -0.39 is 0 Å². The smallest absolute Gasteiger partial charge is 0.259 e. The number of hydrogen-bond acceptors (Lipinski definition) is 8. The van der Waals surface area contributed by atoms with E-state index >= 15 is 0 Å². The number of methoxy groups -OCH3 is 1. The largest absolute Gasteiger partial charge is 0.383 e. The number of aromatic nitrogens is 2. The van der Waals surface area contributed by atoms with Gasteiger partial charge in [-0.05, 0) is 19.2 Å². The highest BCUT2D eigenvalue weighted by atomic mass is 32.2. The van der Waals surface area contributed by atoms with E-state index in [0.29, 0.717) is 30.6 Å². The SMILES string of the molecule is COCCNC(=O)CSc1ccccc1-c1nc(C2CNCCN2C)no1. The molecule has 0 spiro atoms. The molecule has 1 fully saturated rings. The molecular weight excluding hydrogens is 366 g/mol. The number of nitrogens with one attached hydrogen (secondary N) is 2. The lowest BCUT2D eigenvalue weighted by Gasteiger charge is -2.30. The minimum atomic E-state index is -0.0343. The molecule has 1 aliphatic rings. The molecule has 1 amide bonds. The van der Waals surface area contributed by atoms with Crippen molar-refractivity contribution in [2.75, 3.05) is 52.7 Å². The number of carbonyl (C=O) groups is 1. The van der Waals surface area contributed by atoms with Gasteiger partial charge in [0, 0.05) is 38.2 Å². The Labute approximate surface area is 163 Å². The summed E-state index contributed by atoms with van der Waals surface area (Å²) >= 11 is 1.45. The van der Waals surface area contributed by atoms with Gasteiger partial charge >= 0.3 is 0 Å². The molecule has 8 nitrogen and oxygen atoms in total. The van der Waals surface area contributed by atoms with Crippen molar-refractivity contribution in [3.05, 3.63) is 30.1 Å². The minimum absolute atomic E-state index is 0.0343. The van der Waals surface area contributed by atoms with Crippen molar-refractivity contribution in [1.82, 2.24) is 25.7 Å². The average molecular weight is 391 g/mol. The fourth-order valence-corrected chi connectivity index (χ4v) is 3.70. The van der Waals surface area contributed by atoms with Gasteiger partial charge < -0.3 is 19.9 Å².